The van der Waals surface area contributed by atoms with Crippen LogP contribution in [0.5, 0.6) is 11.6 Å². The molecule has 0 spiro atoms. The maximum Gasteiger partial charge on any atom is 0.358 e. The van der Waals surface area contributed by atoms with Crippen LogP contribution in [0.2, 0.25) is 0 Å². The van der Waals surface area contributed by atoms with E-state index < -0.39 is 10.9 Å². The third-order valence-electron chi connectivity index (χ3n) is 2.12. The number of pyridine rings is 2. The van der Waals surface area contributed by atoms with Crippen molar-refractivity contribution >= 4 is 11.7 Å². The van der Waals surface area contributed by atoms with Crippen LogP contribution >= 0.6 is 0 Å². The summed E-state index contributed by atoms with van der Waals surface area (Å²) in [4.78, 5) is 28.1. The van der Waals surface area contributed by atoms with Crippen molar-refractivity contribution in [1.82, 2.24) is 9.97 Å². The summed E-state index contributed by atoms with van der Waals surface area (Å²) in [5.74, 6) is -1.19. The molecule has 0 aliphatic heterocycles. The van der Waals surface area contributed by atoms with Gasteiger partial charge >= 0.3 is 5.97 Å². The van der Waals surface area contributed by atoms with Gasteiger partial charge in [0.1, 0.15) is 6.20 Å². The van der Waals surface area contributed by atoms with Crippen LogP contribution in [0.4, 0.5) is 5.69 Å². The molecule has 0 amide bonds. The molecule has 8 nitrogen and oxygen atoms in total. The van der Waals surface area contributed by atoms with Gasteiger partial charge in [-0.1, -0.05) is 0 Å². The Morgan fingerprint density at radius 1 is 1.32 bits per heavy atom. The van der Waals surface area contributed by atoms with Crippen molar-refractivity contribution < 1.29 is 19.6 Å². The number of aromatic nitrogens is 2. The van der Waals surface area contributed by atoms with Gasteiger partial charge in [-0.25, -0.2) is 14.8 Å². The minimum Gasteiger partial charge on any atom is -0.476 e. The third kappa shape index (κ3) is 2.80. The molecule has 2 aromatic rings. The van der Waals surface area contributed by atoms with E-state index in [0.717, 1.165) is 6.20 Å². The molecule has 2 aromatic heterocycles. The molecule has 0 saturated carbocycles. The maximum atomic E-state index is 10.9. The Morgan fingerprint density at radius 3 is 2.68 bits per heavy atom. The molecule has 0 aromatic carbocycles. The zero-order valence-electron chi connectivity index (χ0n) is 9.39. The van der Waals surface area contributed by atoms with Crippen LogP contribution in [0.3, 0.4) is 0 Å². The van der Waals surface area contributed by atoms with Crippen molar-refractivity contribution in [1.29, 1.82) is 0 Å². The first-order valence-corrected chi connectivity index (χ1v) is 5.04. The lowest BCUT2D eigenvalue weighted by atomic mass is 10.3. The Hall–Kier alpha value is -3.03. The molecule has 0 saturated heterocycles. The summed E-state index contributed by atoms with van der Waals surface area (Å²) in [7, 11) is 0. The van der Waals surface area contributed by atoms with Crippen LogP contribution in [0.1, 0.15) is 10.5 Å². The second kappa shape index (κ2) is 5.08. The van der Waals surface area contributed by atoms with Crippen molar-refractivity contribution in [3.8, 4) is 11.6 Å². The minimum atomic E-state index is -1.24. The van der Waals surface area contributed by atoms with Gasteiger partial charge in [0.15, 0.2) is 11.4 Å². The van der Waals surface area contributed by atoms with Gasteiger partial charge < -0.3 is 9.84 Å². The molecular formula is C11H7N3O5. The van der Waals surface area contributed by atoms with E-state index in [1.807, 2.05) is 0 Å². The molecule has 96 valence electrons. The third-order valence-corrected chi connectivity index (χ3v) is 2.12. The lowest BCUT2D eigenvalue weighted by Crippen LogP contribution is -2.03. The number of rotatable bonds is 4. The van der Waals surface area contributed by atoms with E-state index in [-0.39, 0.29) is 23.0 Å². The van der Waals surface area contributed by atoms with Gasteiger partial charge in [0.2, 0.25) is 5.88 Å². The molecular weight excluding hydrogens is 254 g/mol. The van der Waals surface area contributed by atoms with E-state index in [1.54, 1.807) is 0 Å². The normalized spacial score (nSPS) is 9.89. The number of hydrogen-bond donors (Lipinski definition) is 1. The number of carboxylic acids is 1. The number of hydrogen-bond acceptors (Lipinski definition) is 6. The van der Waals surface area contributed by atoms with Gasteiger partial charge in [0.25, 0.3) is 5.69 Å². The van der Waals surface area contributed by atoms with Crippen LogP contribution in [0.15, 0.2) is 36.7 Å². The SMILES string of the molecule is O=C(O)c1ncccc1Oc1ccc([N+](=O)[O-])cn1. The highest BCUT2D eigenvalue weighted by Gasteiger charge is 2.14. The second-order valence-electron chi connectivity index (χ2n) is 3.37. The van der Waals surface area contributed by atoms with Gasteiger partial charge in [-0.3, -0.25) is 10.1 Å². The summed E-state index contributed by atoms with van der Waals surface area (Å²) in [6, 6.07) is 5.41. The van der Waals surface area contributed by atoms with Crippen molar-refractivity contribution in [2.75, 3.05) is 0 Å². The quantitative estimate of drug-likeness (QED) is 0.659. The number of ether oxygens (including phenoxy) is 1. The highest BCUT2D eigenvalue weighted by molar-refractivity contribution is 5.88. The Balaban J connectivity index is 2.26. The first kappa shape index (κ1) is 12.4. The highest BCUT2D eigenvalue weighted by atomic mass is 16.6. The summed E-state index contributed by atoms with van der Waals surface area (Å²) in [5.41, 5.74) is -0.445. The van der Waals surface area contributed by atoms with Crippen LogP contribution in [-0.2, 0) is 0 Å². The van der Waals surface area contributed by atoms with E-state index >= 15 is 0 Å². The smallest absolute Gasteiger partial charge is 0.358 e. The Labute approximate surface area is 106 Å². The zero-order chi connectivity index (χ0) is 13.8. The summed E-state index contributed by atoms with van der Waals surface area (Å²) >= 11 is 0. The Kier molecular flexibility index (Phi) is 3.33. The molecule has 0 unspecified atom stereocenters. The molecule has 0 aliphatic carbocycles. The van der Waals surface area contributed by atoms with Gasteiger partial charge in [0, 0.05) is 18.3 Å². The van der Waals surface area contributed by atoms with E-state index in [4.69, 9.17) is 9.84 Å². The van der Waals surface area contributed by atoms with E-state index in [2.05, 4.69) is 9.97 Å². The summed E-state index contributed by atoms with van der Waals surface area (Å²) in [5, 5.41) is 19.4. The van der Waals surface area contributed by atoms with E-state index in [1.165, 1.54) is 30.5 Å². The molecule has 1 N–H and O–H groups in total. The monoisotopic (exact) mass is 261 g/mol. The summed E-state index contributed by atoms with van der Waals surface area (Å²) < 4.78 is 5.23. The van der Waals surface area contributed by atoms with Gasteiger partial charge in [0.05, 0.1) is 4.92 Å². The van der Waals surface area contributed by atoms with Gasteiger partial charge in [-0.15, -0.1) is 0 Å². The molecule has 0 atom stereocenters. The standard InChI is InChI=1S/C11H7N3O5/c15-11(16)10-8(2-1-5-12-10)19-9-4-3-7(6-13-9)14(17)18/h1-6H,(H,15,16). The van der Waals surface area contributed by atoms with Crippen molar-refractivity contribution in [2.24, 2.45) is 0 Å². The first-order valence-electron chi connectivity index (χ1n) is 5.04. The molecule has 0 fully saturated rings. The summed E-state index contributed by atoms with van der Waals surface area (Å²) in [6.07, 6.45) is 2.34. The van der Waals surface area contributed by atoms with Crippen molar-refractivity contribution in [2.45, 2.75) is 0 Å². The van der Waals surface area contributed by atoms with E-state index in [0.29, 0.717) is 0 Å². The fourth-order valence-electron chi connectivity index (χ4n) is 1.29. The molecule has 19 heavy (non-hydrogen) atoms. The number of nitro groups is 1. The van der Waals surface area contributed by atoms with Crippen LogP contribution in [0.25, 0.3) is 0 Å². The molecule has 8 heteroatoms. The number of aromatic carboxylic acids is 1. The van der Waals surface area contributed by atoms with E-state index in [9.17, 15) is 14.9 Å². The zero-order valence-corrected chi connectivity index (χ0v) is 9.39. The van der Waals surface area contributed by atoms with Gasteiger partial charge in [-0.05, 0) is 12.1 Å². The Morgan fingerprint density at radius 2 is 2.11 bits per heavy atom. The minimum absolute atomic E-state index is 0.0105. The lowest BCUT2D eigenvalue weighted by Gasteiger charge is -2.06. The predicted octanol–water partition coefficient (Wildman–Crippen LogP) is 1.88. The molecule has 0 bridgehead atoms. The van der Waals surface area contributed by atoms with Crippen LogP contribution in [-0.4, -0.2) is 26.0 Å². The number of carboxylic acid groups (broad SMARTS) is 1. The molecule has 2 heterocycles. The first-order chi connectivity index (χ1) is 9.08. The average Bonchev–Trinajstić information content (AvgIpc) is 2.39. The van der Waals surface area contributed by atoms with Gasteiger partial charge in [-0.2, -0.15) is 0 Å². The molecule has 0 aliphatic rings. The van der Waals surface area contributed by atoms with Crippen LogP contribution in [0, 0.1) is 10.1 Å². The van der Waals surface area contributed by atoms with Crippen molar-refractivity contribution in [3.63, 3.8) is 0 Å². The largest absolute Gasteiger partial charge is 0.476 e. The fourth-order valence-corrected chi connectivity index (χ4v) is 1.29. The fraction of sp³-hybridized carbons (Fsp3) is 0. The number of carbonyl (C=O) groups is 1. The highest BCUT2D eigenvalue weighted by Crippen LogP contribution is 2.23. The molecule has 2 rings (SSSR count). The predicted molar refractivity (Wildman–Crippen MR) is 62.2 cm³/mol. The van der Waals surface area contributed by atoms with Crippen LogP contribution < -0.4 is 4.74 Å². The number of nitrogens with zero attached hydrogens (tertiary/aromatic N) is 3. The topological polar surface area (TPSA) is 115 Å². The lowest BCUT2D eigenvalue weighted by molar-refractivity contribution is -0.385. The summed E-state index contributed by atoms with van der Waals surface area (Å²) in [6.45, 7) is 0. The second-order valence-corrected chi connectivity index (χ2v) is 3.37. The maximum absolute atomic E-state index is 10.9. The Bertz CT molecular complexity index is 626. The average molecular weight is 261 g/mol. The molecule has 0 radical (unpaired) electrons. The van der Waals surface area contributed by atoms with Crippen molar-refractivity contribution in [3.05, 3.63) is 52.5 Å².